The number of rotatable bonds is 5. The molecule has 0 unspecified atom stereocenters. The van der Waals surface area contributed by atoms with Gasteiger partial charge in [0.2, 0.25) is 0 Å². The maximum Gasteiger partial charge on any atom is 0.262 e. The molecule has 0 aliphatic rings. The Bertz CT molecular complexity index is 626. The molecule has 0 saturated heterocycles. The van der Waals surface area contributed by atoms with Gasteiger partial charge >= 0.3 is 0 Å². The Kier molecular flexibility index (Phi) is 4.93. The lowest BCUT2D eigenvalue weighted by atomic mass is 10.0. The van der Waals surface area contributed by atoms with Crippen molar-refractivity contribution in [1.82, 2.24) is 0 Å². The lowest BCUT2D eigenvalue weighted by Crippen LogP contribution is -2.21. The van der Waals surface area contributed by atoms with Crippen molar-refractivity contribution in [3.8, 4) is 5.75 Å². The molecule has 0 bridgehead atoms. The summed E-state index contributed by atoms with van der Waals surface area (Å²) in [5.74, 6) is -0.419. The molecule has 2 rings (SSSR count). The van der Waals surface area contributed by atoms with Crippen molar-refractivity contribution in [2.45, 2.75) is 19.8 Å². The Morgan fingerprint density at radius 1 is 1.14 bits per heavy atom. The molecule has 0 atom stereocenters. The normalized spacial score (nSPS) is 10.5. The lowest BCUT2D eigenvalue weighted by molar-refractivity contribution is -0.118. The molecule has 0 aliphatic carbocycles. The van der Waals surface area contributed by atoms with E-state index in [-0.39, 0.29) is 18.3 Å². The van der Waals surface area contributed by atoms with Crippen LogP contribution in [0.1, 0.15) is 25.3 Å². The van der Waals surface area contributed by atoms with Crippen LogP contribution in [0, 0.1) is 5.82 Å². The molecule has 2 aromatic carbocycles. The Labute approximate surface area is 123 Å². The van der Waals surface area contributed by atoms with Crippen molar-refractivity contribution in [1.29, 1.82) is 0 Å². The first kappa shape index (κ1) is 15.0. The summed E-state index contributed by atoms with van der Waals surface area (Å²) in [4.78, 5) is 11.9. The molecule has 0 aliphatic heterocycles. The van der Waals surface area contributed by atoms with Gasteiger partial charge in [-0.15, -0.1) is 0 Å². The lowest BCUT2D eigenvalue weighted by Gasteiger charge is -2.14. The average Bonchev–Trinajstić information content (AvgIpc) is 2.47. The summed E-state index contributed by atoms with van der Waals surface area (Å²) in [5, 5.41) is 2.80. The van der Waals surface area contributed by atoms with Gasteiger partial charge in [0, 0.05) is 5.69 Å². The summed E-state index contributed by atoms with van der Waals surface area (Å²) in [6.45, 7) is 3.88. The van der Waals surface area contributed by atoms with Crippen LogP contribution >= 0.6 is 0 Å². The maximum absolute atomic E-state index is 13.4. The number of amides is 1. The number of hydrogen-bond donors (Lipinski definition) is 1. The SMILES string of the molecule is CC(C)c1ccccc1NC(=O)COc1ccccc1F. The fourth-order valence-corrected chi connectivity index (χ4v) is 2.01. The van der Waals surface area contributed by atoms with Crippen LogP contribution in [-0.4, -0.2) is 12.5 Å². The van der Waals surface area contributed by atoms with E-state index in [2.05, 4.69) is 19.2 Å². The van der Waals surface area contributed by atoms with Crippen molar-refractivity contribution < 1.29 is 13.9 Å². The van der Waals surface area contributed by atoms with Gasteiger partial charge in [-0.1, -0.05) is 44.2 Å². The topological polar surface area (TPSA) is 38.3 Å². The molecule has 0 aromatic heterocycles. The van der Waals surface area contributed by atoms with Crippen molar-refractivity contribution >= 4 is 11.6 Å². The number of para-hydroxylation sites is 2. The molecule has 0 heterocycles. The molecular formula is C17H18FNO2. The van der Waals surface area contributed by atoms with Gasteiger partial charge in [0.05, 0.1) is 0 Å². The molecular weight excluding hydrogens is 269 g/mol. The minimum absolute atomic E-state index is 0.0739. The van der Waals surface area contributed by atoms with Gasteiger partial charge in [0.15, 0.2) is 18.2 Å². The largest absolute Gasteiger partial charge is 0.481 e. The number of carbonyl (C=O) groups is 1. The first-order valence-corrected chi connectivity index (χ1v) is 6.84. The molecule has 0 fully saturated rings. The van der Waals surface area contributed by atoms with E-state index < -0.39 is 5.82 Å². The second-order valence-corrected chi connectivity index (χ2v) is 5.01. The second-order valence-electron chi connectivity index (χ2n) is 5.01. The van der Waals surface area contributed by atoms with Crippen molar-refractivity contribution in [3.63, 3.8) is 0 Å². The van der Waals surface area contributed by atoms with Gasteiger partial charge in [0.1, 0.15) is 0 Å². The Morgan fingerprint density at radius 3 is 2.52 bits per heavy atom. The summed E-state index contributed by atoms with van der Waals surface area (Å²) in [7, 11) is 0. The van der Waals surface area contributed by atoms with E-state index in [9.17, 15) is 9.18 Å². The summed E-state index contributed by atoms with van der Waals surface area (Å²) < 4.78 is 18.6. The van der Waals surface area contributed by atoms with E-state index in [1.165, 1.54) is 12.1 Å². The van der Waals surface area contributed by atoms with Crippen molar-refractivity contribution in [3.05, 3.63) is 59.9 Å². The quantitative estimate of drug-likeness (QED) is 0.903. The van der Waals surface area contributed by atoms with Crippen LogP contribution in [0.15, 0.2) is 48.5 Å². The fourth-order valence-electron chi connectivity index (χ4n) is 2.01. The summed E-state index contributed by atoms with van der Waals surface area (Å²) in [6, 6.07) is 13.6. The van der Waals surface area contributed by atoms with Crippen LogP contribution in [0.25, 0.3) is 0 Å². The monoisotopic (exact) mass is 287 g/mol. The first-order valence-electron chi connectivity index (χ1n) is 6.84. The summed E-state index contributed by atoms with van der Waals surface area (Å²) >= 11 is 0. The maximum atomic E-state index is 13.4. The fraction of sp³-hybridized carbons (Fsp3) is 0.235. The molecule has 0 saturated carbocycles. The number of benzene rings is 2. The van der Waals surface area contributed by atoms with Crippen molar-refractivity contribution in [2.24, 2.45) is 0 Å². The zero-order valence-corrected chi connectivity index (χ0v) is 12.1. The summed E-state index contributed by atoms with van der Waals surface area (Å²) in [5.41, 5.74) is 1.81. The highest BCUT2D eigenvalue weighted by atomic mass is 19.1. The molecule has 0 radical (unpaired) electrons. The minimum atomic E-state index is -0.479. The highest BCUT2D eigenvalue weighted by molar-refractivity contribution is 5.92. The van der Waals surface area contributed by atoms with Crippen LogP contribution in [0.4, 0.5) is 10.1 Å². The standard InChI is InChI=1S/C17H18FNO2/c1-12(2)13-7-3-5-9-15(13)19-17(20)11-21-16-10-6-4-8-14(16)18/h3-10,12H,11H2,1-2H3,(H,19,20). The number of ether oxygens (including phenoxy) is 1. The van der Waals surface area contributed by atoms with Crippen LogP contribution in [0.5, 0.6) is 5.75 Å². The molecule has 2 aromatic rings. The predicted molar refractivity (Wildman–Crippen MR) is 81.1 cm³/mol. The second kappa shape index (κ2) is 6.88. The average molecular weight is 287 g/mol. The predicted octanol–water partition coefficient (Wildman–Crippen LogP) is 3.97. The summed E-state index contributed by atoms with van der Waals surface area (Å²) in [6.07, 6.45) is 0. The van der Waals surface area contributed by atoms with Crippen molar-refractivity contribution in [2.75, 3.05) is 11.9 Å². The molecule has 1 amide bonds. The third kappa shape index (κ3) is 4.05. The van der Waals surface area contributed by atoms with Gasteiger partial charge in [-0.25, -0.2) is 4.39 Å². The third-order valence-electron chi connectivity index (χ3n) is 3.05. The highest BCUT2D eigenvalue weighted by Crippen LogP contribution is 2.23. The van der Waals surface area contributed by atoms with E-state index >= 15 is 0 Å². The number of halogens is 1. The van der Waals surface area contributed by atoms with Gasteiger partial charge in [0.25, 0.3) is 5.91 Å². The van der Waals surface area contributed by atoms with E-state index in [0.29, 0.717) is 5.92 Å². The zero-order chi connectivity index (χ0) is 15.2. The third-order valence-corrected chi connectivity index (χ3v) is 3.05. The molecule has 3 nitrogen and oxygen atoms in total. The van der Waals surface area contributed by atoms with E-state index in [1.807, 2.05) is 24.3 Å². The molecule has 4 heteroatoms. The van der Waals surface area contributed by atoms with Gasteiger partial charge in [-0.05, 0) is 29.7 Å². The van der Waals surface area contributed by atoms with Crippen LogP contribution < -0.4 is 10.1 Å². The zero-order valence-electron chi connectivity index (χ0n) is 12.1. The Hall–Kier alpha value is -2.36. The van der Waals surface area contributed by atoms with Gasteiger partial charge in [-0.3, -0.25) is 4.79 Å². The number of nitrogens with one attached hydrogen (secondary N) is 1. The Balaban J connectivity index is 1.98. The number of anilines is 1. The smallest absolute Gasteiger partial charge is 0.262 e. The molecule has 21 heavy (non-hydrogen) atoms. The first-order chi connectivity index (χ1) is 10.1. The highest BCUT2D eigenvalue weighted by Gasteiger charge is 2.10. The molecule has 1 N–H and O–H groups in total. The van der Waals surface area contributed by atoms with Gasteiger partial charge in [-0.2, -0.15) is 0 Å². The minimum Gasteiger partial charge on any atom is -0.481 e. The van der Waals surface area contributed by atoms with E-state index in [4.69, 9.17) is 4.74 Å². The molecule has 0 spiro atoms. The van der Waals surface area contributed by atoms with E-state index in [0.717, 1.165) is 11.3 Å². The number of carbonyl (C=O) groups excluding carboxylic acids is 1. The molecule has 110 valence electrons. The van der Waals surface area contributed by atoms with Crippen LogP contribution in [-0.2, 0) is 4.79 Å². The number of hydrogen-bond acceptors (Lipinski definition) is 2. The van der Waals surface area contributed by atoms with Crippen LogP contribution in [0.2, 0.25) is 0 Å². The van der Waals surface area contributed by atoms with E-state index in [1.54, 1.807) is 12.1 Å². The Morgan fingerprint density at radius 2 is 1.81 bits per heavy atom. The van der Waals surface area contributed by atoms with Gasteiger partial charge < -0.3 is 10.1 Å². The van der Waals surface area contributed by atoms with Crippen LogP contribution in [0.3, 0.4) is 0 Å².